The highest BCUT2D eigenvalue weighted by molar-refractivity contribution is 6.33. The second-order valence-corrected chi connectivity index (χ2v) is 6.28. The normalized spacial score (nSPS) is 11.4. The number of nitrogens with two attached hydrogens (primary N) is 1. The summed E-state index contributed by atoms with van der Waals surface area (Å²) in [6.45, 7) is 0.423. The first kappa shape index (κ1) is 15.6. The number of nitrogens with zero attached hydrogens (tertiary/aromatic N) is 8. The number of anilines is 1. The van der Waals surface area contributed by atoms with Gasteiger partial charge in [0.25, 0.3) is 0 Å². The highest BCUT2D eigenvalue weighted by Crippen LogP contribution is 2.21. The Hall–Kier alpha value is -3.59. The van der Waals surface area contributed by atoms with Gasteiger partial charge in [-0.15, -0.1) is 5.10 Å². The maximum absolute atomic E-state index is 6.07. The van der Waals surface area contributed by atoms with E-state index in [2.05, 4.69) is 30.2 Å². The summed E-state index contributed by atoms with van der Waals surface area (Å²) in [5, 5.41) is 9.74. The molecule has 5 rings (SSSR count). The Morgan fingerprint density at radius 1 is 1.07 bits per heavy atom. The van der Waals surface area contributed by atoms with E-state index in [9.17, 15) is 0 Å². The molecule has 5 aromatic rings. The molecule has 0 aliphatic heterocycles. The Kier molecular flexibility index (Phi) is 3.47. The van der Waals surface area contributed by atoms with Crippen molar-refractivity contribution in [2.24, 2.45) is 0 Å². The summed E-state index contributed by atoms with van der Waals surface area (Å²) in [5.41, 5.74) is 9.29. The summed E-state index contributed by atoms with van der Waals surface area (Å²) >= 11 is 6.07. The van der Waals surface area contributed by atoms with Crippen LogP contribution in [0.2, 0.25) is 5.15 Å². The summed E-state index contributed by atoms with van der Waals surface area (Å²) < 4.78 is 3.53. The molecule has 0 saturated carbocycles. The standard InChI is InChI=1S/C17H12ClN9/c18-15-14-16(23-17(19)22-15)26(9-21-14)7-10-8-27(25-24-10)13-5-6-20-12-4-2-1-3-11(12)13/h1-6,8-9H,7H2,(H2,19,22,23). The summed E-state index contributed by atoms with van der Waals surface area (Å²) in [7, 11) is 0. The Labute approximate surface area is 157 Å². The molecule has 1 aromatic carbocycles. The molecule has 0 atom stereocenters. The van der Waals surface area contributed by atoms with E-state index in [-0.39, 0.29) is 11.1 Å². The molecule has 0 bridgehead atoms. The number of benzene rings is 1. The molecule has 2 N–H and O–H groups in total. The SMILES string of the molecule is Nc1nc(Cl)c2ncn(Cc3cn(-c4ccnc5ccccc45)nn3)c2n1. The van der Waals surface area contributed by atoms with Crippen molar-refractivity contribution in [2.45, 2.75) is 6.54 Å². The molecule has 4 heterocycles. The molecule has 4 aromatic heterocycles. The van der Waals surface area contributed by atoms with Crippen molar-refractivity contribution >= 4 is 39.6 Å². The van der Waals surface area contributed by atoms with Crippen molar-refractivity contribution < 1.29 is 0 Å². The fraction of sp³-hybridized carbons (Fsp3) is 0.0588. The van der Waals surface area contributed by atoms with Gasteiger partial charge in [-0.25, -0.2) is 9.67 Å². The van der Waals surface area contributed by atoms with Crippen LogP contribution in [0.3, 0.4) is 0 Å². The minimum atomic E-state index is 0.0983. The Morgan fingerprint density at radius 2 is 1.96 bits per heavy atom. The fourth-order valence-electron chi connectivity index (χ4n) is 2.98. The van der Waals surface area contributed by atoms with Crippen LogP contribution in [0.15, 0.2) is 49.1 Å². The number of pyridine rings is 1. The van der Waals surface area contributed by atoms with Gasteiger partial charge in [-0.05, 0) is 12.1 Å². The van der Waals surface area contributed by atoms with Crippen molar-refractivity contribution in [2.75, 3.05) is 5.73 Å². The van der Waals surface area contributed by atoms with Crippen LogP contribution in [0, 0.1) is 0 Å². The average molecular weight is 378 g/mol. The molecular weight excluding hydrogens is 366 g/mol. The van der Waals surface area contributed by atoms with Crippen LogP contribution in [0.4, 0.5) is 5.95 Å². The molecule has 132 valence electrons. The van der Waals surface area contributed by atoms with E-state index in [0.717, 1.165) is 22.3 Å². The smallest absolute Gasteiger partial charge is 0.223 e. The van der Waals surface area contributed by atoms with Crippen LogP contribution in [0.5, 0.6) is 0 Å². The lowest BCUT2D eigenvalue weighted by Crippen LogP contribution is -2.02. The van der Waals surface area contributed by atoms with Crippen LogP contribution in [-0.2, 0) is 6.54 Å². The van der Waals surface area contributed by atoms with E-state index in [1.165, 1.54) is 0 Å². The molecule has 0 fully saturated rings. The minimum Gasteiger partial charge on any atom is -0.368 e. The van der Waals surface area contributed by atoms with Crippen molar-refractivity contribution in [1.82, 2.24) is 39.5 Å². The zero-order chi connectivity index (χ0) is 18.4. The Bertz CT molecular complexity index is 1290. The van der Waals surface area contributed by atoms with Crippen LogP contribution < -0.4 is 5.73 Å². The Morgan fingerprint density at radius 3 is 2.89 bits per heavy atom. The number of aromatic nitrogens is 8. The molecule has 0 spiro atoms. The quantitative estimate of drug-likeness (QED) is 0.479. The van der Waals surface area contributed by atoms with Gasteiger partial charge >= 0.3 is 0 Å². The lowest BCUT2D eigenvalue weighted by molar-refractivity contribution is 0.767. The topological polar surface area (TPSA) is 113 Å². The lowest BCUT2D eigenvalue weighted by atomic mass is 10.2. The summed E-state index contributed by atoms with van der Waals surface area (Å²) in [4.78, 5) is 16.8. The number of nitrogen functional groups attached to an aromatic ring is 1. The van der Waals surface area contributed by atoms with Crippen LogP contribution >= 0.6 is 11.6 Å². The molecular formula is C17H12ClN9. The van der Waals surface area contributed by atoms with Crippen molar-refractivity contribution in [3.05, 3.63) is 59.9 Å². The molecule has 0 aliphatic rings. The van der Waals surface area contributed by atoms with Gasteiger partial charge in [0.1, 0.15) is 11.2 Å². The largest absolute Gasteiger partial charge is 0.368 e. The zero-order valence-corrected chi connectivity index (χ0v) is 14.6. The van der Waals surface area contributed by atoms with E-state index in [1.54, 1.807) is 21.8 Å². The number of hydrogen-bond acceptors (Lipinski definition) is 7. The second kappa shape index (κ2) is 5.99. The van der Waals surface area contributed by atoms with Gasteiger partial charge in [0.15, 0.2) is 10.8 Å². The molecule has 9 nitrogen and oxygen atoms in total. The van der Waals surface area contributed by atoms with E-state index < -0.39 is 0 Å². The van der Waals surface area contributed by atoms with E-state index >= 15 is 0 Å². The van der Waals surface area contributed by atoms with Crippen LogP contribution in [0.1, 0.15) is 5.69 Å². The second-order valence-electron chi connectivity index (χ2n) is 5.92. The third-order valence-corrected chi connectivity index (χ3v) is 4.45. The molecule has 10 heteroatoms. The number of hydrogen-bond donors (Lipinski definition) is 1. The van der Waals surface area contributed by atoms with Gasteiger partial charge in [-0.3, -0.25) is 4.98 Å². The molecule has 0 radical (unpaired) electrons. The van der Waals surface area contributed by atoms with Crippen molar-refractivity contribution in [3.63, 3.8) is 0 Å². The van der Waals surface area contributed by atoms with Gasteiger partial charge in [0.05, 0.1) is 30.3 Å². The number of imidazole rings is 1. The van der Waals surface area contributed by atoms with E-state index in [0.29, 0.717) is 17.7 Å². The Balaban J connectivity index is 1.53. The zero-order valence-electron chi connectivity index (χ0n) is 13.9. The van der Waals surface area contributed by atoms with Crippen molar-refractivity contribution in [1.29, 1.82) is 0 Å². The van der Waals surface area contributed by atoms with Gasteiger partial charge < -0.3 is 10.3 Å². The highest BCUT2D eigenvalue weighted by Gasteiger charge is 2.13. The summed E-state index contributed by atoms with van der Waals surface area (Å²) in [5.74, 6) is 0.0983. The first-order valence-corrected chi connectivity index (χ1v) is 8.46. The molecule has 0 saturated heterocycles. The minimum absolute atomic E-state index is 0.0983. The van der Waals surface area contributed by atoms with Crippen LogP contribution in [-0.4, -0.2) is 39.5 Å². The summed E-state index contributed by atoms with van der Waals surface area (Å²) in [6.07, 6.45) is 5.25. The third kappa shape index (κ3) is 2.64. The van der Waals surface area contributed by atoms with Crippen molar-refractivity contribution in [3.8, 4) is 5.69 Å². The highest BCUT2D eigenvalue weighted by atomic mass is 35.5. The monoisotopic (exact) mass is 377 g/mol. The number of fused-ring (bicyclic) bond motifs is 2. The van der Waals surface area contributed by atoms with Gasteiger partial charge in [0, 0.05) is 11.6 Å². The van der Waals surface area contributed by atoms with E-state index in [1.807, 2.05) is 36.5 Å². The average Bonchev–Trinajstić information content (AvgIpc) is 3.29. The van der Waals surface area contributed by atoms with Gasteiger partial charge in [-0.2, -0.15) is 9.97 Å². The summed E-state index contributed by atoms with van der Waals surface area (Å²) in [6, 6.07) is 9.79. The van der Waals surface area contributed by atoms with Gasteiger partial charge in [-0.1, -0.05) is 35.0 Å². The van der Waals surface area contributed by atoms with E-state index in [4.69, 9.17) is 17.3 Å². The first-order valence-electron chi connectivity index (χ1n) is 8.08. The number of rotatable bonds is 3. The maximum Gasteiger partial charge on any atom is 0.223 e. The number of para-hydroxylation sites is 1. The first-order chi connectivity index (χ1) is 13.2. The molecule has 0 amide bonds. The third-order valence-electron chi connectivity index (χ3n) is 4.18. The van der Waals surface area contributed by atoms with Gasteiger partial charge in [0.2, 0.25) is 5.95 Å². The lowest BCUT2D eigenvalue weighted by Gasteiger charge is -2.04. The predicted octanol–water partition coefficient (Wildman–Crippen LogP) is 2.24. The molecule has 27 heavy (non-hydrogen) atoms. The maximum atomic E-state index is 6.07. The predicted molar refractivity (Wildman–Crippen MR) is 101 cm³/mol. The molecule has 0 unspecified atom stereocenters. The number of halogens is 1. The van der Waals surface area contributed by atoms with Crippen LogP contribution in [0.25, 0.3) is 27.8 Å². The molecule has 0 aliphatic carbocycles. The fourth-order valence-corrected chi connectivity index (χ4v) is 3.20.